The quantitative estimate of drug-likeness (QED) is 0.867. The van der Waals surface area contributed by atoms with E-state index in [1.165, 1.54) is 30.4 Å². The third kappa shape index (κ3) is 2.51. The summed E-state index contributed by atoms with van der Waals surface area (Å²) >= 11 is 0. The highest BCUT2D eigenvalue weighted by Gasteiger charge is 2.19. The first-order chi connectivity index (χ1) is 10.8. The number of hydrogen-bond acceptors (Lipinski definition) is 3. The molecule has 0 atom stereocenters. The van der Waals surface area contributed by atoms with Gasteiger partial charge in [-0.2, -0.15) is 0 Å². The molecule has 5 nitrogen and oxygen atoms in total. The predicted molar refractivity (Wildman–Crippen MR) is 83.3 cm³/mol. The first-order valence-electron chi connectivity index (χ1n) is 8.10. The van der Waals surface area contributed by atoms with Gasteiger partial charge in [0.05, 0.1) is 12.7 Å². The van der Waals surface area contributed by atoms with Crippen LogP contribution in [0.2, 0.25) is 0 Å². The second-order valence-electron chi connectivity index (χ2n) is 6.19. The topological polar surface area (TPSA) is 51.0 Å². The molecule has 1 aliphatic heterocycles. The Balaban J connectivity index is 1.46. The summed E-state index contributed by atoms with van der Waals surface area (Å²) in [5.74, 6) is 0.263. The van der Waals surface area contributed by atoms with Gasteiger partial charge in [0, 0.05) is 25.1 Å². The number of amides is 1. The Labute approximate surface area is 129 Å². The summed E-state index contributed by atoms with van der Waals surface area (Å²) in [6.45, 7) is 2.32. The summed E-state index contributed by atoms with van der Waals surface area (Å²) in [6.07, 6.45) is 7.29. The molecule has 2 heterocycles. The molecule has 114 valence electrons. The van der Waals surface area contributed by atoms with Crippen LogP contribution in [0.1, 0.15) is 30.4 Å². The molecular weight excluding hydrogens is 276 g/mol. The molecule has 1 aromatic carbocycles. The number of nitrogens with zero attached hydrogens (tertiary/aromatic N) is 4. The fourth-order valence-corrected chi connectivity index (χ4v) is 3.43. The van der Waals surface area contributed by atoms with Gasteiger partial charge in [-0.05, 0) is 42.9 Å². The summed E-state index contributed by atoms with van der Waals surface area (Å²) in [4.78, 5) is 13.5. The predicted octanol–water partition coefficient (Wildman–Crippen LogP) is 2.06. The van der Waals surface area contributed by atoms with E-state index < -0.39 is 0 Å². The second kappa shape index (κ2) is 5.55. The average molecular weight is 296 g/mol. The van der Waals surface area contributed by atoms with Crippen molar-refractivity contribution < 1.29 is 4.79 Å². The number of carbonyl (C=O) groups is 1. The molecule has 4 rings (SSSR count). The fourth-order valence-electron chi connectivity index (χ4n) is 3.43. The number of hydrogen-bond donors (Lipinski definition) is 0. The first kappa shape index (κ1) is 13.5. The zero-order chi connectivity index (χ0) is 14.9. The smallest absolute Gasteiger partial charge is 0.222 e. The van der Waals surface area contributed by atoms with Crippen LogP contribution in [0.5, 0.6) is 0 Å². The Morgan fingerprint density at radius 2 is 1.95 bits per heavy atom. The van der Waals surface area contributed by atoms with Crippen molar-refractivity contribution in [2.24, 2.45) is 0 Å². The number of carbonyl (C=O) groups excluding carboxylic acids is 1. The number of aryl methyl sites for hydroxylation is 2. The molecule has 5 heteroatoms. The summed E-state index contributed by atoms with van der Waals surface area (Å²) in [5, 5.41) is 8.49. The molecule has 0 radical (unpaired) electrons. The van der Waals surface area contributed by atoms with E-state index in [9.17, 15) is 4.79 Å². The van der Waals surface area contributed by atoms with Gasteiger partial charge >= 0.3 is 0 Å². The van der Waals surface area contributed by atoms with Gasteiger partial charge in [-0.3, -0.25) is 9.48 Å². The van der Waals surface area contributed by atoms with Gasteiger partial charge < -0.3 is 4.90 Å². The largest absolute Gasteiger partial charge is 0.341 e. The lowest BCUT2D eigenvalue weighted by atomic mass is 10.1. The van der Waals surface area contributed by atoms with E-state index in [-0.39, 0.29) is 5.91 Å². The zero-order valence-electron chi connectivity index (χ0n) is 12.7. The molecule has 1 amide bonds. The molecule has 0 saturated carbocycles. The minimum absolute atomic E-state index is 0.263. The van der Waals surface area contributed by atoms with E-state index in [0.717, 1.165) is 30.8 Å². The monoisotopic (exact) mass is 296 g/mol. The van der Waals surface area contributed by atoms with Gasteiger partial charge in [0.1, 0.15) is 5.69 Å². The molecule has 22 heavy (non-hydrogen) atoms. The van der Waals surface area contributed by atoms with E-state index in [2.05, 4.69) is 28.5 Å². The van der Waals surface area contributed by atoms with Crippen LogP contribution in [-0.4, -0.2) is 38.9 Å². The van der Waals surface area contributed by atoms with Gasteiger partial charge in [0.25, 0.3) is 0 Å². The average Bonchev–Trinajstić information content (AvgIpc) is 3.25. The molecule has 0 N–H and O–H groups in total. The zero-order valence-corrected chi connectivity index (χ0v) is 12.7. The summed E-state index contributed by atoms with van der Waals surface area (Å²) in [7, 11) is 0. The molecule has 1 aromatic heterocycles. The molecule has 2 aromatic rings. The van der Waals surface area contributed by atoms with Gasteiger partial charge in [0.2, 0.25) is 5.91 Å². The molecule has 0 unspecified atom stereocenters. The Hall–Kier alpha value is -2.17. The molecule has 1 aliphatic carbocycles. The molecular formula is C17H20N4O. The van der Waals surface area contributed by atoms with Crippen LogP contribution in [-0.2, 0) is 24.2 Å². The summed E-state index contributed by atoms with van der Waals surface area (Å²) < 4.78 is 1.84. The lowest BCUT2D eigenvalue weighted by Gasteiger charge is -2.14. The molecule has 1 saturated heterocycles. The maximum atomic E-state index is 11.6. The van der Waals surface area contributed by atoms with Crippen LogP contribution in [0.4, 0.5) is 0 Å². The summed E-state index contributed by atoms with van der Waals surface area (Å²) in [6, 6.07) is 6.61. The van der Waals surface area contributed by atoms with E-state index in [1.54, 1.807) is 0 Å². The number of aromatic nitrogens is 3. The van der Waals surface area contributed by atoms with Crippen molar-refractivity contribution in [2.45, 2.75) is 38.6 Å². The number of benzene rings is 1. The first-order valence-corrected chi connectivity index (χ1v) is 8.10. The second-order valence-corrected chi connectivity index (χ2v) is 6.19. The van der Waals surface area contributed by atoms with Crippen molar-refractivity contribution in [3.63, 3.8) is 0 Å². The van der Waals surface area contributed by atoms with Crippen LogP contribution in [0.15, 0.2) is 24.4 Å². The van der Waals surface area contributed by atoms with Gasteiger partial charge in [-0.25, -0.2) is 0 Å². The number of rotatable bonds is 4. The van der Waals surface area contributed by atoms with Crippen molar-refractivity contribution in [3.8, 4) is 11.3 Å². The fraction of sp³-hybridized carbons (Fsp3) is 0.471. The van der Waals surface area contributed by atoms with Crippen molar-refractivity contribution in [3.05, 3.63) is 35.5 Å². The summed E-state index contributed by atoms with van der Waals surface area (Å²) in [5.41, 5.74) is 4.99. The molecule has 2 aliphatic rings. The van der Waals surface area contributed by atoms with Crippen molar-refractivity contribution in [1.29, 1.82) is 0 Å². The van der Waals surface area contributed by atoms with Gasteiger partial charge in [-0.15, -0.1) is 5.10 Å². The van der Waals surface area contributed by atoms with Crippen molar-refractivity contribution in [2.75, 3.05) is 13.1 Å². The minimum Gasteiger partial charge on any atom is -0.341 e. The van der Waals surface area contributed by atoms with Crippen LogP contribution < -0.4 is 0 Å². The van der Waals surface area contributed by atoms with Crippen LogP contribution in [0.25, 0.3) is 11.3 Å². The number of likely N-dealkylation sites (tertiary alicyclic amines) is 1. The highest BCUT2D eigenvalue weighted by atomic mass is 16.2. The highest BCUT2D eigenvalue weighted by molar-refractivity contribution is 5.78. The van der Waals surface area contributed by atoms with Crippen molar-refractivity contribution >= 4 is 5.91 Å². The molecule has 0 bridgehead atoms. The normalized spacial score (nSPS) is 17.3. The third-order valence-electron chi connectivity index (χ3n) is 4.70. The standard InChI is InChI=1S/C17H20N4O/c22-17-5-2-8-20(17)9-10-21-12-16(18-19-21)15-7-6-13-3-1-4-14(13)11-15/h6-7,11-12H,1-5,8-10H2. The minimum atomic E-state index is 0.263. The van der Waals surface area contributed by atoms with E-state index in [0.29, 0.717) is 13.0 Å². The maximum absolute atomic E-state index is 11.6. The van der Waals surface area contributed by atoms with E-state index >= 15 is 0 Å². The van der Waals surface area contributed by atoms with Crippen LogP contribution in [0.3, 0.4) is 0 Å². The maximum Gasteiger partial charge on any atom is 0.222 e. The Kier molecular flexibility index (Phi) is 3.41. The molecule has 0 spiro atoms. The number of fused-ring (bicyclic) bond motifs is 1. The van der Waals surface area contributed by atoms with E-state index in [1.807, 2.05) is 15.8 Å². The Morgan fingerprint density at radius 3 is 2.82 bits per heavy atom. The lowest BCUT2D eigenvalue weighted by Crippen LogP contribution is -2.28. The lowest BCUT2D eigenvalue weighted by molar-refractivity contribution is -0.127. The van der Waals surface area contributed by atoms with Crippen LogP contribution >= 0.6 is 0 Å². The van der Waals surface area contributed by atoms with Crippen LogP contribution in [0, 0.1) is 0 Å². The SMILES string of the molecule is O=C1CCCN1CCn1cc(-c2ccc3c(c2)CCC3)nn1. The molecule has 1 fully saturated rings. The van der Waals surface area contributed by atoms with Crippen molar-refractivity contribution in [1.82, 2.24) is 19.9 Å². The Bertz CT molecular complexity index is 706. The van der Waals surface area contributed by atoms with E-state index in [4.69, 9.17) is 0 Å². The Morgan fingerprint density at radius 1 is 1.05 bits per heavy atom. The highest BCUT2D eigenvalue weighted by Crippen LogP contribution is 2.26. The third-order valence-corrected chi connectivity index (χ3v) is 4.70. The van der Waals surface area contributed by atoms with Gasteiger partial charge in [-0.1, -0.05) is 17.3 Å². The van der Waals surface area contributed by atoms with Gasteiger partial charge in [0.15, 0.2) is 0 Å².